The minimum absolute atomic E-state index is 0.118. The van der Waals surface area contributed by atoms with Gasteiger partial charge in [0.25, 0.3) is 0 Å². The van der Waals surface area contributed by atoms with Crippen molar-refractivity contribution in [2.45, 2.75) is 44.6 Å². The molecule has 0 atom stereocenters. The lowest BCUT2D eigenvalue weighted by molar-refractivity contribution is -0.142. The van der Waals surface area contributed by atoms with E-state index in [0.717, 1.165) is 49.9 Å². The van der Waals surface area contributed by atoms with Gasteiger partial charge in [-0.1, -0.05) is 0 Å². The molecule has 1 amide bonds. The molecule has 0 radical (unpaired) electrons. The highest BCUT2D eigenvalue weighted by molar-refractivity contribution is 5.94. The minimum Gasteiger partial charge on any atom is -0.481 e. The van der Waals surface area contributed by atoms with Crippen LogP contribution < -0.4 is 10.6 Å². The fraction of sp³-hybridized carbons (Fsp3) is 0.529. The molecule has 0 bridgehead atoms. The van der Waals surface area contributed by atoms with Crippen molar-refractivity contribution < 1.29 is 14.7 Å². The average molecular weight is 302 g/mol. The number of amides is 1. The molecular formula is C17H22N2O3. The van der Waals surface area contributed by atoms with Gasteiger partial charge in [0.15, 0.2) is 0 Å². The summed E-state index contributed by atoms with van der Waals surface area (Å²) in [6.45, 7) is 0. The summed E-state index contributed by atoms with van der Waals surface area (Å²) < 4.78 is 0. The van der Waals surface area contributed by atoms with Crippen LogP contribution in [0.25, 0.3) is 0 Å². The summed E-state index contributed by atoms with van der Waals surface area (Å²) in [5.41, 5.74) is 1.85. The van der Waals surface area contributed by atoms with Gasteiger partial charge in [0, 0.05) is 23.3 Å². The Balaban J connectivity index is 1.49. The van der Waals surface area contributed by atoms with Gasteiger partial charge in [0.1, 0.15) is 0 Å². The van der Waals surface area contributed by atoms with Crippen LogP contribution in [0.15, 0.2) is 24.3 Å². The van der Waals surface area contributed by atoms with Gasteiger partial charge in [-0.15, -0.1) is 0 Å². The highest BCUT2D eigenvalue weighted by Crippen LogP contribution is 2.30. The van der Waals surface area contributed by atoms with Crippen LogP contribution in [0.1, 0.15) is 38.5 Å². The third-order valence-corrected chi connectivity index (χ3v) is 4.55. The number of nitrogens with one attached hydrogen (secondary N) is 2. The van der Waals surface area contributed by atoms with Crippen LogP contribution in [0.2, 0.25) is 0 Å². The lowest BCUT2D eigenvalue weighted by atomic mass is 9.86. The van der Waals surface area contributed by atoms with Crippen molar-refractivity contribution in [3.05, 3.63) is 24.3 Å². The van der Waals surface area contributed by atoms with Crippen molar-refractivity contribution in [2.24, 2.45) is 11.8 Å². The summed E-state index contributed by atoms with van der Waals surface area (Å²) in [5, 5.41) is 15.4. The molecule has 0 heterocycles. The van der Waals surface area contributed by atoms with Gasteiger partial charge in [-0.3, -0.25) is 9.59 Å². The Hall–Kier alpha value is -2.04. The molecule has 118 valence electrons. The van der Waals surface area contributed by atoms with Crippen molar-refractivity contribution in [1.29, 1.82) is 0 Å². The van der Waals surface area contributed by atoms with Crippen LogP contribution >= 0.6 is 0 Å². The van der Waals surface area contributed by atoms with Gasteiger partial charge in [-0.2, -0.15) is 0 Å². The molecule has 0 saturated heterocycles. The zero-order chi connectivity index (χ0) is 15.5. The first-order valence-corrected chi connectivity index (χ1v) is 8.02. The van der Waals surface area contributed by atoms with Crippen LogP contribution in [-0.4, -0.2) is 23.0 Å². The Morgan fingerprint density at radius 1 is 0.864 bits per heavy atom. The van der Waals surface area contributed by atoms with Gasteiger partial charge in [-0.05, 0) is 62.8 Å². The van der Waals surface area contributed by atoms with E-state index in [2.05, 4.69) is 10.6 Å². The van der Waals surface area contributed by atoms with Crippen LogP contribution in [0, 0.1) is 11.8 Å². The van der Waals surface area contributed by atoms with Gasteiger partial charge in [-0.25, -0.2) is 0 Å². The first-order chi connectivity index (χ1) is 10.6. The van der Waals surface area contributed by atoms with Crippen molar-refractivity contribution in [3.8, 4) is 0 Å². The molecule has 1 aromatic rings. The predicted octanol–water partition coefficient (Wildman–Crippen LogP) is 3.09. The van der Waals surface area contributed by atoms with Gasteiger partial charge >= 0.3 is 5.97 Å². The van der Waals surface area contributed by atoms with E-state index < -0.39 is 5.97 Å². The normalized spacial score (nSPS) is 24.5. The van der Waals surface area contributed by atoms with E-state index in [-0.39, 0.29) is 17.7 Å². The number of carbonyl (C=O) groups excluding carboxylic acids is 1. The second-order valence-corrected chi connectivity index (χ2v) is 6.37. The molecule has 5 heteroatoms. The molecule has 1 aromatic carbocycles. The highest BCUT2D eigenvalue weighted by Gasteiger charge is 2.29. The van der Waals surface area contributed by atoms with Crippen LogP contribution in [0.3, 0.4) is 0 Å². The molecule has 3 N–H and O–H groups in total. The first-order valence-electron chi connectivity index (χ1n) is 8.02. The van der Waals surface area contributed by atoms with E-state index >= 15 is 0 Å². The number of carboxylic acid groups (broad SMARTS) is 1. The van der Waals surface area contributed by atoms with Crippen molar-refractivity contribution in [2.75, 3.05) is 10.6 Å². The number of carbonyl (C=O) groups is 2. The van der Waals surface area contributed by atoms with Crippen molar-refractivity contribution >= 4 is 23.3 Å². The number of anilines is 2. The Kier molecular flexibility index (Phi) is 4.32. The number of hydrogen-bond donors (Lipinski definition) is 3. The maximum Gasteiger partial charge on any atom is 0.306 e. The van der Waals surface area contributed by atoms with E-state index in [1.54, 1.807) is 0 Å². The molecule has 0 aliphatic heterocycles. The smallest absolute Gasteiger partial charge is 0.306 e. The van der Waals surface area contributed by atoms with E-state index in [1.165, 1.54) is 0 Å². The summed E-state index contributed by atoms with van der Waals surface area (Å²) in [7, 11) is 0. The van der Waals surface area contributed by atoms with Crippen LogP contribution in [0.5, 0.6) is 0 Å². The van der Waals surface area contributed by atoms with Crippen molar-refractivity contribution in [1.82, 2.24) is 0 Å². The Morgan fingerprint density at radius 2 is 1.41 bits per heavy atom. The Labute approximate surface area is 130 Å². The molecule has 2 saturated carbocycles. The number of hydrogen-bond acceptors (Lipinski definition) is 3. The largest absolute Gasteiger partial charge is 0.481 e. The van der Waals surface area contributed by atoms with Crippen molar-refractivity contribution in [3.63, 3.8) is 0 Å². The number of carboxylic acids is 1. The molecule has 3 rings (SSSR count). The number of aliphatic carboxylic acids is 1. The summed E-state index contributed by atoms with van der Waals surface area (Å²) >= 11 is 0. The number of rotatable bonds is 5. The molecule has 2 fully saturated rings. The fourth-order valence-corrected chi connectivity index (χ4v) is 2.96. The maximum absolute atomic E-state index is 11.7. The maximum atomic E-state index is 11.7. The minimum atomic E-state index is -0.672. The van der Waals surface area contributed by atoms with Crippen LogP contribution in [0.4, 0.5) is 11.4 Å². The zero-order valence-corrected chi connectivity index (χ0v) is 12.5. The highest BCUT2D eigenvalue weighted by atomic mass is 16.4. The standard InChI is InChI=1S/C17H22N2O3/c20-16(11-1-2-11)19-15-9-7-14(8-10-15)18-13-5-3-12(4-6-13)17(21)22/h7-13,18H,1-6H2,(H,19,20)(H,21,22). The first kappa shape index (κ1) is 14.9. The average Bonchev–Trinajstić information content (AvgIpc) is 3.34. The molecule has 5 nitrogen and oxygen atoms in total. The molecule has 0 aromatic heterocycles. The second-order valence-electron chi connectivity index (χ2n) is 6.37. The fourth-order valence-electron chi connectivity index (χ4n) is 2.96. The third-order valence-electron chi connectivity index (χ3n) is 4.55. The van der Waals surface area contributed by atoms with E-state index in [1.807, 2.05) is 24.3 Å². The van der Waals surface area contributed by atoms with E-state index in [9.17, 15) is 9.59 Å². The van der Waals surface area contributed by atoms with Gasteiger partial charge < -0.3 is 15.7 Å². The Bertz CT molecular complexity index is 544. The summed E-state index contributed by atoms with van der Waals surface area (Å²) in [4.78, 5) is 22.6. The monoisotopic (exact) mass is 302 g/mol. The SMILES string of the molecule is O=C(O)C1CCC(Nc2ccc(NC(=O)C3CC3)cc2)CC1. The molecule has 0 unspecified atom stereocenters. The molecule has 2 aliphatic carbocycles. The second kappa shape index (κ2) is 6.38. The number of benzene rings is 1. The zero-order valence-electron chi connectivity index (χ0n) is 12.5. The molecule has 22 heavy (non-hydrogen) atoms. The lowest BCUT2D eigenvalue weighted by Gasteiger charge is -2.27. The van der Waals surface area contributed by atoms with E-state index in [0.29, 0.717) is 6.04 Å². The summed E-state index contributed by atoms with van der Waals surface area (Å²) in [6.07, 6.45) is 5.26. The molecular weight excluding hydrogens is 280 g/mol. The summed E-state index contributed by atoms with van der Waals surface area (Å²) in [5.74, 6) is -0.526. The van der Waals surface area contributed by atoms with Gasteiger partial charge in [0.05, 0.1) is 5.92 Å². The Morgan fingerprint density at radius 3 is 1.95 bits per heavy atom. The van der Waals surface area contributed by atoms with E-state index in [4.69, 9.17) is 5.11 Å². The van der Waals surface area contributed by atoms with Gasteiger partial charge in [0.2, 0.25) is 5.91 Å². The lowest BCUT2D eigenvalue weighted by Crippen LogP contribution is -2.29. The molecule has 0 spiro atoms. The van der Waals surface area contributed by atoms with Crippen LogP contribution in [-0.2, 0) is 9.59 Å². The molecule has 2 aliphatic rings. The summed E-state index contributed by atoms with van der Waals surface area (Å²) in [6, 6.07) is 8.08. The quantitative estimate of drug-likeness (QED) is 0.781. The topological polar surface area (TPSA) is 78.4 Å². The predicted molar refractivity (Wildman–Crippen MR) is 84.8 cm³/mol. The third kappa shape index (κ3) is 3.78.